The number of allylic oxidation sites excluding steroid dienone is 5. The molecular weight excluding hydrogens is 158 g/mol. The van der Waals surface area contributed by atoms with Gasteiger partial charge in [0.1, 0.15) is 0 Å². The largest absolute Gasteiger partial charge is 0.381 e. The zero-order chi connectivity index (χ0) is 10.1. The Labute approximate surface area is 80.9 Å². The van der Waals surface area contributed by atoms with Crippen LogP contribution < -0.4 is 5.32 Å². The van der Waals surface area contributed by atoms with Crippen molar-refractivity contribution in [2.45, 2.75) is 6.92 Å². The van der Waals surface area contributed by atoms with Gasteiger partial charge in [-0.15, -0.1) is 6.58 Å². The van der Waals surface area contributed by atoms with E-state index in [1.165, 1.54) is 0 Å². The van der Waals surface area contributed by atoms with Gasteiger partial charge in [0.25, 0.3) is 0 Å². The maximum Gasteiger partial charge on any atom is 0.0412 e. The van der Waals surface area contributed by atoms with Crippen LogP contribution >= 0.6 is 0 Å². The Morgan fingerprint density at radius 3 is 2.23 bits per heavy atom. The van der Waals surface area contributed by atoms with Crippen LogP contribution in [0.3, 0.4) is 0 Å². The summed E-state index contributed by atoms with van der Waals surface area (Å²) in [5.74, 6) is 0. The third-order valence-electron chi connectivity index (χ3n) is 1.52. The molecule has 13 heavy (non-hydrogen) atoms. The Balaban J connectivity index is 4.72. The minimum Gasteiger partial charge on any atom is -0.381 e. The summed E-state index contributed by atoms with van der Waals surface area (Å²) in [6.07, 6.45) is 9.32. The maximum absolute atomic E-state index is 3.71. The molecule has 1 heteroatoms. The molecule has 0 saturated heterocycles. The highest BCUT2D eigenvalue weighted by Gasteiger charge is 1.94. The molecule has 0 aliphatic rings. The van der Waals surface area contributed by atoms with Gasteiger partial charge in [-0.2, -0.15) is 0 Å². The topological polar surface area (TPSA) is 12.0 Å². The Bertz CT molecular complexity index is 234. The van der Waals surface area contributed by atoms with E-state index in [9.17, 15) is 0 Å². The van der Waals surface area contributed by atoms with Crippen molar-refractivity contribution in [2.75, 3.05) is 6.54 Å². The lowest BCUT2D eigenvalue weighted by Crippen LogP contribution is -2.12. The smallest absolute Gasteiger partial charge is 0.0412 e. The molecular formula is C12H17N. The van der Waals surface area contributed by atoms with Crippen molar-refractivity contribution in [2.24, 2.45) is 0 Å². The molecule has 0 saturated carbocycles. The molecule has 0 unspecified atom stereocenters. The molecule has 0 radical (unpaired) electrons. The molecule has 0 aromatic rings. The molecule has 0 aromatic heterocycles. The molecule has 0 amide bonds. The minimum absolute atomic E-state index is 0.741. The number of rotatable bonds is 6. The summed E-state index contributed by atoms with van der Waals surface area (Å²) in [4.78, 5) is 0. The van der Waals surface area contributed by atoms with E-state index in [-0.39, 0.29) is 0 Å². The van der Waals surface area contributed by atoms with Gasteiger partial charge in [0.2, 0.25) is 0 Å². The number of nitrogens with one attached hydrogen (secondary N) is 1. The van der Waals surface area contributed by atoms with Gasteiger partial charge in [-0.3, -0.25) is 0 Å². The molecule has 0 rings (SSSR count). The summed E-state index contributed by atoms with van der Waals surface area (Å²) in [5.41, 5.74) is 2.02. The Hall–Kier alpha value is -1.50. The van der Waals surface area contributed by atoms with Crippen LogP contribution in [0, 0.1) is 0 Å². The highest BCUT2D eigenvalue weighted by molar-refractivity contribution is 5.38. The zero-order valence-electron chi connectivity index (χ0n) is 8.22. The Kier molecular flexibility index (Phi) is 6.34. The highest BCUT2D eigenvalue weighted by Crippen LogP contribution is 2.05. The van der Waals surface area contributed by atoms with Gasteiger partial charge >= 0.3 is 0 Å². The molecule has 0 bridgehead atoms. The summed E-state index contributed by atoms with van der Waals surface area (Å²) in [6.45, 7) is 13.8. The van der Waals surface area contributed by atoms with Crippen molar-refractivity contribution < 1.29 is 0 Å². The average Bonchev–Trinajstić information content (AvgIpc) is 2.16. The summed E-state index contributed by atoms with van der Waals surface area (Å²) in [6, 6.07) is 0. The third-order valence-corrected chi connectivity index (χ3v) is 1.52. The van der Waals surface area contributed by atoms with Gasteiger partial charge in [0.05, 0.1) is 0 Å². The first-order valence-corrected chi connectivity index (χ1v) is 4.26. The van der Waals surface area contributed by atoms with Crippen molar-refractivity contribution in [3.05, 3.63) is 61.4 Å². The number of hydrogen-bond acceptors (Lipinski definition) is 1. The van der Waals surface area contributed by atoms with Crippen LogP contribution in [0.5, 0.6) is 0 Å². The highest BCUT2D eigenvalue weighted by atomic mass is 14.9. The first kappa shape index (κ1) is 11.5. The third kappa shape index (κ3) is 4.16. The van der Waals surface area contributed by atoms with Crippen molar-refractivity contribution in [3.63, 3.8) is 0 Å². The SMILES string of the molecule is C=CCNC(/C=C\C)=C(C=C)C=C. The predicted octanol–water partition coefficient (Wildman–Crippen LogP) is 2.96. The molecule has 70 valence electrons. The summed E-state index contributed by atoms with van der Waals surface area (Å²) < 4.78 is 0. The van der Waals surface area contributed by atoms with E-state index >= 15 is 0 Å². The Morgan fingerprint density at radius 1 is 1.23 bits per heavy atom. The maximum atomic E-state index is 3.71. The van der Waals surface area contributed by atoms with Crippen LogP contribution in [-0.4, -0.2) is 6.54 Å². The second-order valence-corrected chi connectivity index (χ2v) is 2.45. The van der Waals surface area contributed by atoms with E-state index in [1.807, 2.05) is 25.2 Å². The van der Waals surface area contributed by atoms with Crippen LogP contribution in [0.2, 0.25) is 0 Å². The average molecular weight is 175 g/mol. The van der Waals surface area contributed by atoms with Crippen molar-refractivity contribution in [1.82, 2.24) is 5.32 Å². The second kappa shape index (κ2) is 7.17. The minimum atomic E-state index is 0.741. The lowest BCUT2D eigenvalue weighted by atomic mass is 10.2. The van der Waals surface area contributed by atoms with Gasteiger partial charge in [-0.25, -0.2) is 0 Å². The molecule has 0 aliphatic carbocycles. The molecule has 1 N–H and O–H groups in total. The van der Waals surface area contributed by atoms with E-state index in [0.29, 0.717) is 0 Å². The van der Waals surface area contributed by atoms with Crippen LogP contribution in [0.4, 0.5) is 0 Å². The predicted molar refractivity (Wildman–Crippen MR) is 60.4 cm³/mol. The van der Waals surface area contributed by atoms with E-state index in [2.05, 4.69) is 25.1 Å². The van der Waals surface area contributed by atoms with Gasteiger partial charge in [-0.1, -0.05) is 37.5 Å². The van der Waals surface area contributed by atoms with E-state index < -0.39 is 0 Å². The van der Waals surface area contributed by atoms with E-state index in [0.717, 1.165) is 17.8 Å². The normalized spacial score (nSPS) is 9.31. The van der Waals surface area contributed by atoms with Gasteiger partial charge in [0, 0.05) is 12.2 Å². The van der Waals surface area contributed by atoms with Crippen LogP contribution in [0.15, 0.2) is 61.4 Å². The van der Waals surface area contributed by atoms with E-state index in [1.54, 1.807) is 12.2 Å². The first-order chi connectivity index (χ1) is 6.29. The standard InChI is InChI=1S/C12H17N/c1-5-9-12(13-10-6-2)11(7-3)8-4/h5-9,13H,2-4,10H2,1H3/b9-5-. The molecule has 0 aromatic carbocycles. The zero-order valence-corrected chi connectivity index (χ0v) is 8.22. The lowest BCUT2D eigenvalue weighted by Gasteiger charge is -2.07. The van der Waals surface area contributed by atoms with Crippen LogP contribution in [0.25, 0.3) is 0 Å². The molecule has 0 spiro atoms. The first-order valence-electron chi connectivity index (χ1n) is 4.26. The second-order valence-electron chi connectivity index (χ2n) is 2.45. The summed E-state index contributed by atoms with van der Waals surface area (Å²) in [7, 11) is 0. The summed E-state index contributed by atoms with van der Waals surface area (Å²) >= 11 is 0. The number of hydrogen-bond donors (Lipinski definition) is 1. The summed E-state index contributed by atoms with van der Waals surface area (Å²) in [5, 5.41) is 3.20. The molecule has 1 nitrogen and oxygen atoms in total. The molecule has 0 heterocycles. The molecule has 0 atom stereocenters. The lowest BCUT2D eigenvalue weighted by molar-refractivity contribution is 0.928. The van der Waals surface area contributed by atoms with E-state index in [4.69, 9.17) is 0 Å². The van der Waals surface area contributed by atoms with Crippen LogP contribution in [-0.2, 0) is 0 Å². The van der Waals surface area contributed by atoms with Crippen molar-refractivity contribution >= 4 is 0 Å². The Morgan fingerprint density at radius 2 is 1.85 bits per heavy atom. The fraction of sp³-hybridized carbons (Fsp3) is 0.167. The van der Waals surface area contributed by atoms with Crippen molar-refractivity contribution in [1.29, 1.82) is 0 Å². The fourth-order valence-electron chi connectivity index (χ4n) is 0.909. The van der Waals surface area contributed by atoms with Crippen LogP contribution in [0.1, 0.15) is 6.92 Å². The quantitative estimate of drug-likeness (QED) is 0.483. The van der Waals surface area contributed by atoms with Gasteiger partial charge in [-0.05, 0) is 18.6 Å². The van der Waals surface area contributed by atoms with Gasteiger partial charge < -0.3 is 5.32 Å². The monoisotopic (exact) mass is 175 g/mol. The fourth-order valence-corrected chi connectivity index (χ4v) is 0.909. The van der Waals surface area contributed by atoms with Crippen molar-refractivity contribution in [3.8, 4) is 0 Å². The van der Waals surface area contributed by atoms with Gasteiger partial charge in [0.15, 0.2) is 0 Å². The molecule has 0 fully saturated rings. The molecule has 0 aliphatic heterocycles.